The molecule has 0 atom stereocenters. The van der Waals surface area contributed by atoms with Crippen LogP contribution in [0.5, 0.6) is 11.5 Å². The molecule has 0 heterocycles. The van der Waals surface area contributed by atoms with Crippen LogP contribution in [0.15, 0.2) is 103 Å². The van der Waals surface area contributed by atoms with Gasteiger partial charge in [-0.05, 0) is 72.3 Å². The fourth-order valence-corrected chi connectivity index (χ4v) is 4.31. The number of allylic oxidation sites excluding steroid dienone is 1. The first-order valence-electron chi connectivity index (χ1n) is 12.7. The lowest BCUT2D eigenvalue weighted by molar-refractivity contribution is -0.113. The van der Waals surface area contributed by atoms with Crippen molar-refractivity contribution in [2.24, 2.45) is 0 Å². The van der Waals surface area contributed by atoms with Crippen LogP contribution in [0, 0.1) is 0 Å². The molecule has 0 aromatic heterocycles. The first-order valence-corrected chi connectivity index (χ1v) is 13.4. The highest BCUT2D eigenvalue weighted by atomic mass is 35.5. The number of hydrogen-bond acceptors (Lipinski definition) is 5. The largest absolute Gasteiger partial charge is 0.493 e. The van der Waals surface area contributed by atoms with Crippen LogP contribution in [0.4, 0.5) is 5.69 Å². The maximum atomic E-state index is 13.3. The van der Waals surface area contributed by atoms with Crippen LogP contribution in [0.25, 0.3) is 12.2 Å². The third kappa shape index (κ3) is 7.46. The van der Waals surface area contributed by atoms with E-state index < -0.39 is 11.8 Å². The van der Waals surface area contributed by atoms with Crippen LogP contribution in [-0.2, 0) is 4.79 Å². The molecule has 0 spiro atoms. The number of amides is 2. The Morgan fingerprint density at radius 1 is 0.738 bits per heavy atom. The Hall–Kier alpha value is -4.85. The maximum Gasteiger partial charge on any atom is 0.272 e. The Bertz CT molecular complexity index is 1670. The summed E-state index contributed by atoms with van der Waals surface area (Å²) in [5.74, 6) is -0.249. The van der Waals surface area contributed by atoms with Crippen molar-refractivity contribution < 1.29 is 23.9 Å². The Morgan fingerprint density at radius 3 is 2.12 bits per heavy atom. The van der Waals surface area contributed by atoms with Gasteiger partial charge in [-0.3, -0.25) is 14.4 Å². The summed E-state index contributed by atoms with van der Waals surface area (Å²) < 4.78 is 10.7. The van der Waals surface area contributed by atoms with E-state index in [0.717, 1.165) is 0 Å². The number of carbonyl (C=O) groups excluding carboxylic acids is 3. The molecule has 212 valence electrons. The van der Waals surface area contributed by atoms with Crippen molar-refractivity contribution in [3.63, 3.8) is 0 Å². The molecule has 0 aliphatic carbocycles. The van der Waals surface area contributed by atoms with Crippen LogP contribution in [0.2, 0.25) is 10.0 Å². The van der Waals surface area contributed by atoms with Gasteiger partial charge < -0.3 is 20.1 Å². The molecule has 4 aromatic rings. The fraction of sp³-hybridized carbons (Fsp3) is 0.0606. The van der Waals surface area contributed by atoms with E-state index in [1.165, 1.54) is 19.3 Å². The highest BCUT2D eigenvalue weighted by Gasteiger charge is 2.17. The van der Waals surface area contributed by atoms with Gasteiger partial charge in [-0.25, -0.2) is 0 Å². The average molecular weight is 601 g/mol. The van der Waals surface area contributed by atoms with Crippen molar-refractivity contribution in [1.29, 1.82) is 0 Å². The Balaban J connectivity index is 1.52. The zero-order chi connectivity index (χ0) is 30.1. The Morgan fingerprint density at radius 2 is 1.43 bits per heavy atom. The molecule has 4 rings (SSSR count). The first kappa shape index (κ1) is 30.1. The second-order valence-corrected chi connectivity index (χ2v) is 9.62. The van der Waals surface area contributed by atoms with Crippen LogP contribution in [0.3, 0.4) is 0 Å². The Kier molecular flexibility index (Phi) is 10.2. The van der Waals surface area contributed by atoms with Gasteiger partial charge in [0, 0.05) is 22.4 Å². The third-order valence-electron chi connectivity index (χ3n) is 6.09. The van der Waals surface area contributed by atoms with Crippen LogP contribution in [-0.4, -0.2) is 31.8 Å². The lowest BCUT2D eigenvalue weighted by Gasteiger charge is -2.12. The van der Waals surface area contributed by atoms with Gasteiger partial charge in [0.1, 0.15) is 5.70 Å². The molecule has 0 unspecified atom stereocenters. The molecule has 0 aliphatic rings. The molecule has 2 amide bonds. The molecule has 42 heavy (non-hydrogen) atoms. The number of halogens is 2. The normalized spacial score (nSPS) is 11.2. The van der Waals surface area contributed by atoms with E-state index in [0.29, 0.717) is 44.5 Å². The van der Waals surface area contributed by atoms with E-state index in [4.69, 9.17) is 32.7 Å². The number of ketones is 1. The van der Waals surface area contributed by atoms with Crippen molar-refractivity contribution in [2.45, 2.75) is 0 Å². The SMILES string of the molecule is COc1cccc(/C=C/C(=O)c2ccc(NC(=O)/C(=C/c3cccc(Cl)c3Cl)NC(=O)c3ccccc3)cc2)c1OC. The zero-order valence-corrected chi connectivity index (χ0v) is 24.2. The maximum absolute atomic E-state index is 13.3. The molecular formula is C33H26Cl2N2O5. The summed E-state index contributed by atoms with van der Waals surface area (Å²) in [5.41, 5.74) is 2.27. The lowest BCUT2D eigenvalue weighted by Crippen LogP contribution is -2.30. The molecule has 9 heteroatoms. The fourth-order valence-electron chi connectivity index (χ4n) is 3.95. The molecule has 0 radical (unpaired) electrons. The molecule has 0 saturated heterocycles. The minimum Gasteiger partial charge on any atom is -0.493 e. The minimum absolute atomic E-state index is 0.0525. The lowest BCUT2D eigenvalue weighted by atomic mass is 10.1. The number of nitrogens with one attached hydrogen (secondary N) is 2. The van der Waals surface area contributed by atoms with Gasteiger partial charge in [0.05, 0.1) is 24.3 Å². The molecule has 0 aliphatic heterocycles. The van der Waals surface area contributed by atoms with Crippen LogP contribution in [0.1, 0.15) is 31.8 Å². The summed E-state index contributed by atoms with van der Waals surface area (Å²) in [7, 11) is 3.07. The number of para-hydroxylation sites is 1. The second-order valence-electron chi connectivity index (χ2n) is 8.83. The summed E-state index contributed by atoms with van der Waals surface area (Å²) in [5, 5.41) is 5.94. The van der Waals surface area contributed by atoms with E-state index in [1.54, 1.807) is 98.1 Å². The molecule has 0 fully saturated rings. The van der Waals surface area contributed by atoms with E-state index in [9.17, 15) is 14.4 Å². The summed E-state index contributed by atoms with van der Waals surface area (Å²) in [4.78, 5) is 39.0. The second kappa shape index (κ2) is 14.2. The van der Waals surface area contributed by atoms with E-state index in [-0.39, 0.29) is 16.5 Å². The van der Waals surface area contributed by atoms with Crippen LogP contribution < -0.4 is 20.1 Å². The minimum atomic E-state index is -0.598. The quantitative estimate of drug-likeness (QED) is 0.147. The Labute approximate surface area is 253 Å². The van der Waals surface area contributed by atoms with Crippen molar-refractivity contribution in [1.82, 2.24) is 5.32 Å². The predicted molar refractivity (Wildman–Crippen MR) is 166 cm³/mol. The van der Waals surface area contributed by atoms with Crippen molar-refractivity contribution >= 4 is 58.6 Å². The average Bonchev–Trinajstić information content (AvgIpc) is 3.02. The highest BCUT2D eigenvalue weighted by Crippen LogP contribution is 2.31. The third-order valence-corrected chi connectivity index (χ3v) is 6.92. The summed E-state index contributed by atoms with van der Waals surface area (Å²) in [6, 6.07) is 25.2. The summed E-state index contributed by atoms with van der Waals surface area (Å²) >= 11 is 12.5. The summed E-state index contributed by atoms with van der Waals surface area (Å²) in [6.07, 6.45) is 4.52. The molecular weight excluding hydrogens is 575 g/mol. The summed E-state index contributed by atoms with van der Waals surface area (Å²) in [6.45, 7) is 0. The number of benzene rings is 4. The monoisotopic (exact) mass is 600 g/mol. The van der Waals surface area contributed by atoms with Gasteiger partial charge in [0.2, 0.25) is 0 Å². The van der Waals surface area contributed by atoms with Crippen LogP contribution >= 0.6 is 23.2 Å². The van der Waals surface area contributed by atoms with Gasteiger partial charge >= 0.3 is 0 Å². The number of anilines is 1. The number of hydrogen-bond donors (Lipinski definition) is 2. The van der Waals surface area contributed by atoms with Crippen molar-refractivity contribution in [3.8, 4) is 11.5 Å². The van der Waals surface area contributed by atoms with E-state index >= 15 is 0 Å². The molecule has 7 nitrogen and oxygen atoms in total. The van der Waals surface area contributed by atoms with Gasteiger partial charge in [0.25, 0.3) is 11.8 Å². The predicted octanol–water partition coefficient (Wildman–Crippen LogP) is 7.32. The van der Waals surface area contributed by atoms with Gasteiger partial charge in [0.15, 0.2) is 17.3 Å². The zero-order valence-electron chi connectivity index (χ0n) is 22.7. The van der Waals surface area contributed by atoms with Gasteiger partial charge in [-0.15, -0.1) is 0 Å². The standard InChI is InChI=1S/C33H26Cl2N2O5/c1-41-29-13-7-10-22(31(29)42-2)16-19-28(38)21-14-17-25(18-15-21)36-33(40)27(20-24-11-6-12-26(34)30(24)35)37-32(39)23-8-4-3-5-9-23/h3-20H,1-2H3,(H,36,40)(H,37,39)/b19-16+,27-20-. The van der Waals surface area contributed by atoms with E-state index in [2.05, 4.69) is 10.6 Å². The number of methoxy groups -OCH3 is 2. The van der Waals surface area contributed by atoms with Gasteiger partial charge in [-0.1, -0.05) is 65.7 Å². The van der Waals surface area contributed by atoms with Crippen molar-refractivity contribution in [3.05, 3.63) is 135 Å². The smallest absolute Gasteiger partial charge is 0.272 e. The number of rotatable bonds is 10. The highest BCUT2D eigenvalue weighted by molar-refractivity contribution is 6.43. The molecule has 2 N–H and O–H groups in total. The number of ether oxygens (including phenoxy) is 2. The van der Waals surface area contributed by atoms with Gasteiger partial charge in [-0.2, -0.15) is 0 Å². The van der Waals surface area contributed by atoms with E-state index in [1.807, 2.05) is 6.07 Å². The van der Waals surface area contributed by atoms with Crippen molar-refractivity contribution in [2.75, 3.05) is 19.5 Å². The number of carbonyl (C=O) groups is 3. The molecule has 0 bridgehead atoms. The molecule has 0 saturated carbocycles. The molecule has 4 aromatic carbocycles. The topological polar surface area (TPSA) is 93.7 Å². The first-order chi connectivity index (χ1) is 20.3.